The molecule has 0 aliphatic carbocycles. The van der Waals surface area contributed by atoms with Crippen molar-refractivity contribution in [2.24, 2.45) is 0 Å². The minimum absolute atomic E-state index is 0.129. The van der Waals surface area contributed by atoms with E-state index in [0.717, 1.165) is 0 Å². The van der Waals surface area contributed by atoms with Crippen molar-refractivity contribution in [2.45, 2.75) is 209 Å². The van der Waals surface area contributed by atoms with Crippen molar-refractivity contribution >= 4 is 0 Å². The summed E-state index contributed by atoms with van der Waals surface area (Å²) in [5.41, 5.74) is 12.0. The Morgan fingerprint density at radius 3 is 0.696 bits per heavy atom. The summed E-state index contributed by atoms with van der Waals surface area (Å²) in [6, 6.07) is 12.7. The fourth-order valence-corrected chi connectivity index (χ4v) is 6.51. The van der Waals surface area contributed by atoms with Crippen molar-refractivity contribution in [1.82, 2.24) is 19.9 Å². The van der Waals surface area contributed by atoms with Gasteiger partial charge in [-0.15, -0.1) is 0 Å². The predicted octanol–water partition coefficient (Wildman–Crippen LogP) is 14.7. The second-order valence-corrected chi connectivity index (χ2v) is 23.6. The van der Waals surface area contributed by atoms with Crippen molar-refractivity contribution in [2.75, 3.05) is 0 Å². The van der Waals surface area contributed by atoms with E-state index in [4.69, 9.17) is 0 Å². The largest absolute Gasteiger partial charge is 0.264 e. The normalized spacial score (nSPS) is 13.0. The van der Waals surface area contributed by atoms with E-state index in [-0.39, 0.29) is 43.3 Å². The lowest BCUT2D eigenvalue weighted by molar-refractivity contribution is 0.514. The van der Waals surface area contributed by atoms with Gasteiger partial charge in [0.05, 0.1) is 0 Å². The van der Waals surface area contributed by atoms with Gasteiger partial charge in [0.25, 0.3) is 0 Å². The lowest BCUT2D eigenvalue weighted by atomic mass is 9.76. The van der Waals surface area contributed by atoms with Gasteiger partial charge < -0.3 is 0 Å². The van der Waals surface area contributed by atoms with Crippen LogP contribution in [0.25, 0.3) is 0 Å². The fraction of sp³-hybridized carbons (Fsp3) is 0.615. The second kappa shape index (κ2) is 18.5. The summed E-state index contributed by atoms with van der Waals surface area (Å²) in [7, 11) is 0. The van der Waals surface area contributed by atoms with Gasteiger partial charge in [-0.25, -0.2) is 0 Å². The fourth-order valence-electron chi connectivity index (χ4n) is 6.51. The van der Waals surface area contributed by atoms with Gasteiger partial charge in [0.1, 0.15) is 0 Å². The zero-order valence-electron chi connectivity index (χ0n) is 40.7. The zero-order chi connectivity index (χ0) is 43.9. The minimum Gasteiger partial charge on any atom is -0.264 e. The Hall–Kier alpha value is -3.40. The number of pyridine rings is 4. The highest BCUT2D eigenvalue weighted by atomic mass is 14.7. The van der Waals surface area contributed by atoms with Crippen LogP contribution >= 0.6 is 0 Å². The third kappa shape index (κ3) is 15.9. The van der Waals surface area contributed by atoms with Crippen LogP contribution < -0.4 is 0 Å². The molecule has 0 saturated heterocycles. The van der Waals surface area contributed by atoms with Crippen LogP contribution in [0.2, 0.25) is 0 Å². The summed E-state index contributed by atoms with van der Waals surface area (Å²) in [6.45, 7) is 53.6. The number of rotatable bonds is 0. The molecule has 0 spiro atoms. The molecular weight excluding hydrogens is 681 g/mol. The van der Waals surface area contributed by atoms with Gasteiger partial charge >= 0.3 is 0 Å². The lowest BCUT2D eigenvalue weighted by Gasteiger charge is -2.29. The molecule has 4 nitrogen and oxygen atoms in total. The van der Waals surface area contributed by atoms with Crippen molar-refractivity contribution in [1.29, 1.82) is 0 Å². The van der Waals surface area contributed by atoms with Gasteiger partial charge in [0, 0.05) is 59.4 Å². The molecular formula is C52H84N4. The molecule has 0 unspecified atom stereocenters. The molecule has 0 amide bonds. The first-order valence-electron chi connectivity index (χ1n) is 20.7. The number of hydrogen-bond donors (Lipinski definition) is 0. The third-order valence-electron chi connectivity index (χ3n) is 9.53. The van der Waals surface area contributed by atoms with Crippen LogP contribution in [0.3, 0.4) is 0 Å². The monoisotopic (exact) mass is 765 g/mol. The highest BCUT2D eigenvalue weighted by Crippen LogP contribution is 2.35. The maximum absolute atomic E-state index is 4.52. The molecule has 0 aliphatic rings. The van der Waals surface area contributed by atoms with E-state index in [0.29, 0.717) is 0 Å². The van der Waals surface area contributed by atoms with Crippen molar-refractivity contribution in [3.05, 3.63) is 118 Å². The molecule has 0 bridgehead atoms. The standard InChI is InChI=1S/4C13H21N/c2*1-12(2,3)10-7-8-14-9-11(10)13(4,5)6;2*1-12(2,3)10-8-7-9-14-11(10)13(4,5)6/h4*7-9H,1-6H3. The smallest absolute Gasteiger partial charge is 0.0494 e. The van der Waals surface area contributed by atoms with Crippen LogP contribution in [0, 0.1) is 0 Å². The SMILES string of the molecule is CC(C)(C)c1cccnc1C(C)(C)C.CC(C)(C)c1cccnc1C(C)(C)C.CC(C)(C)c1ccncc1C(C)(C)C.CC(C)(C)c1ccncc1C(C)(C)C. The second-order valence-electron chi connectivity index (χ2n) is 23.6. The molecule has 4 heterocycles. The Morgan fingerprint density at radius 2 is 0.518 bits per heavy atom. The van der Waals surface area contributed by atoms with E-state index >= 15 is 0 Å². The molecule has 0 aromatic carbocycles. The van der Waals surface area contributed by atoms with Crippen LogP contribution in [-0.4, -0.2) is 19.9 Å². The molecule has 4 aromatic rings. The molecule has 0 radical (unpaired) electrons. The highest BCUT2D eigenvalue weighted by Gasteiger charge is 2.28. The summed E-state index contributed by atoms with van der Waals surface area (Å²) < 4.78 is 0. The van der Waals surface area contributed by atoms with Gasteiger partial charge in [-0.05, 0) is 90.1 Å². The number of hydrogen-bond acceptors (Lipinski definition) is 4. The van der Waals surface area contributed by atoms with Crippen molar-refractivity contribution in [3.63, 3.8) is 0 Å². The molecule has 4 rings (SSSR count). The quantitative estimate of drug-likeness (QED) is 0.179. The highest BCUT2D eigenvalue weighted by molar-refractivity contribution is 5.36. The molecule has 0 atom stereocenters. The van der Waals surface area contributed by atoms with Gasteiger partial charge in [-0.3, -0.25) is 19.9 Å². The van der Waals surface area contributed by atoms with Crippen LogP contribution in [0.15, 0.2) is 73.6 Å². The minimum atomic E-state index is 0.129. The Bertz CT molecular complexity index is 1390. The summed E-state index contributed by atoms with van der Waals surface area (Å²) in [6.07, 6.45) is 11.5. The summed E-state index contributed by atoms with van der Waals surface area (Å²) in [4.78, 5) is 17.5. The molecule has 0 N–H and O–H groups in total. The molecule has 0 aliphatic heterocycles. The third-order valence-corrected chi connectivity index (χ3v) is 9.53. The van der Waals surface area contributed by atoms with E-state index < -0.39 is 0 Å². The Morgan fingerprint density at radius 1 is 0.268 bits per heavy atom. The Balaban J connectivity index is 0.000000373. The maximum Gasteiger partial charge on any atom is 0.0494 e. The van der Waals surface area contributed by atoms with E-state index in [2.05, 4.69) is 210 Å². The lowest BCUT2D eigenvalue weighted by Crippen LogP contribution is -2.23. The molecule has 312 valence electrons. The average molecular weight is 765 g/mol. The van der Waals surface area contributed by atoms with Crippen molar-refractivity contribution in [3.8, 4) is 0 Å². The first-order valence-corrected chi connectivity index (χ1v) is 20.7. The summed E-state index contributed by atoms with van der Waals surface area (Å²) in [5.74, 6) is 0. The van der Waals surface area contributed by atoms with Crippen LogP contribution in [0.5, 0.6) is 0 Å². The number of nitrogens with zero attached hydrogens (tertiary/aromatic N) is 4. The Labute approximate surface area is 346 Å². The van der Waals surface area contributed by atoms with Gasteiger partial charge in [-0.2, -0.15) is 0 Å². The van der Waals surface area contributed by atoms with Gasteiger partial charge in [0.15, 0.2) is 0 Å². The average Bonchev–Trinajstić information content (AvgIpc) is 3.03. The van der Waals surface area contributed by atoms with Crippen LogP contribution in [0.4, 0.5) is 0 Å². The molecule has 4 heteroatoms. The summed E-state index contributed by atoms with van der Waals surface area (Å²) >= 11 is 0. The first kappa shape index (κ1) is 50.6. The van der Waals surface area contributed by atoms with Crippen LogP contribution in [0.1, 0.15) is 211 Å². The van der Waals surface area contributed by atoms with Crippen LogP contribution in [-0.2, 0) is 43.3 Å². The van der Waals surface area contributed by atoms with E-state index in [1.807, 2.05) is 49.3 Å². The zero-order valence-corrected chi connectivity index (χ0v) is 40.7. The summed E-state index contributed by atoms with van der Waals surface area (Å²) in [5, 5.41) is 0. The molecule has 0 fully saturated rings. The maximum atomic E-state index is 4.52. The number of aromatic nitrogens is 4. The van der Waals surface area contributed by atoms with Gasteiger partial charge in [0.2, 0.25) is 0 Å². The first-order chi connectivity index (χ1) is 24.9. The van der Waals surface area contributed by atoms with Crippen molar-refractivity contribution < 1.29 is 0 Å². The predicted molar refractivity (Wildman–Crippen MR) is 247 cm³/mol. The Kier molecular flexibility index (Phi) is 16.7. The van der Waals surface area contributed by atoms with E-state index in [9.17, 15) is 0 Å². The molecule has 56 heavy (non-hydrogen) atoms. The van der Waals surface area contributed by atoms with E-state index in [1.54, 1.807) is 0 Å². The topological polar surface area (TPSA) is 51.6 Å². The molecule has 0 saturated carbocycles. The molecule has 4 aromatic heterocycles. The van der Waals surface area contributed by atoms with E-state index in [1.165, 1.54) is 44.8 Å². The van der Waals surface area contributed by atoms with Gasteiger partial charge in [-0.1, -0.05) is 178 Å².